The van der Waals surface area contributed by atoms with Crippen LogP contribution >= 0.6 is 0 Å². The van der Waals surface area contributed by atoms with Gasteiger partial charge in [-0.05, 0) is 111 Å². The number of piperidine rings is 1. The average Bonchev–Trinajstić information content (AvgIpc) is 3.21. The molecule has 4 aliphatic carbocycles. The zero-order valence-electron chi connectivity index (χ0n) is 25.6. The SMILES string of the molecule is CC(=O)OC1CC[C@@]2(C)C(CC[C@@H]3[C@@H]2CC[C@]2(C)C(C(C)C4(OC(C)=O)CCC(C)CN4C(C)=O)CC[C@@H]32)C1. The normalized spacial score (nSPS) is 46.3. The number of rotatable bonds is 4. The van der Waals surface area contributed by atoms with Gasteiger partial charge < -0.3 is 14.4 Å². The van der Waals surface area contributed by atoms with Crippen LogP contribution in [0.25, 0.3) is 0 Å². The van der Waals surface area contributed by atoms with Gasteiger partial charge in [-0.2, -0.15) is 0 Å². The average molecular weight is 544 g/mol. The molecule has 0 bridgehead atoms. The van der Waals surface area contributed by atoms with E-state index in [0.29, 0.717) is 35.6 Å². The number of carbonyl (C=O) groups excluding carboxylic acids is 3. The van der Waals surface area contributed by atoms with Crippen molar-refractivity contribution in [3.8, 4) is 0 Å². The fourth-order valence-corrected chi connectivity index (χ4v) is 11.2. The largest absolute Gasteiger partial charge is 0.463 e. The predicted octanol–water partition coefficient (Wildman–Crippen LogP) is 6.75. The second-order valence-corrected chi connectivity index (χ2v) is 14.9. The van der Waals surface area contributed by atoms with Gasteiger partial charge in [-0.15, -0.1) is 0 Å². The minimum atomic E-state index is -0.831. The molecule has 0 aromatic carbocycles. The number of amides is 1. The first-order valence-corrected chi connectivity index (χ1v) is 16.0. The maximum absolute atomic E-state index is 13.0. The zero-order chi connectivity index (χ0) is 28.3. The van der Waals surface area contributed by atoms with E-state index in [1.54, 1.807) is 13.8 Å². The quantitative estimate of drug-likeness (QED) is 0.367. The molecule has 5 rings (SSSR count). The van der Waals surface area contributed by atoms with E-state index in [9.17, 15) is 14.4 Å². The first-order valence-electron chi connectivity index (χ1n) is 16.0. The van der Waals surface area contributed by atoms with Gasteiger partial charge in [0.25, 0.3) is 0 Å². The van der Waals surface area contributed by atoms with Gasteiger partial charge in [0.1, 0.15) is 6.10 Å². The maximum atomic E-state index is 13.0. The summed E-state index contributed by atoms with van der Waals surface area (Å²) in [6.45, 7) is 14.9. The third-order valence-corrected chi connectivity index (χ3v) is 13.0. The minimum Gasteiger partial charge on any atom is -0.463 e. The standard InChI is InChI=1S/C33H53NO5/c1-20-12-17-33(39-24(5)37,34(19-20)22(3)35)21(2)28-10-11-29-27-9-8-25-18-26(38-23(4)36)13-15-31(25,6)30(27)14-16-32(28,29)7/h20-21,25-30H,8-19H2,1-7H3/t20?,21?,25?,26?,27-,28?,29-,30-,31-,32+,33?/m0/s1. The van der Waals surface area contributed by atoms with E-state index in [1.807, 2.05) is 4.90 Å². The number of fused-ring (bicyclic) bond motifs is 5. The van der Waals surface area contributed by atoms with Gasteiger partial charge in [-0.3, -0.25) is 14.4 Å². The monoisotopic (exact) mass is 543 g/mol. The summed E-state index contributed by atoms with van der Waals surface area (Å²) in [5.41, 5.74) is -0.284. The summed E-state index contributed by atoms with van der Waals surface area (Å²) in [5.74, 6) is 3.39. The summed E-state index contributed by atoms with van der Waals surface area (Å²) < 4.78 is 11.9. The van der Waals surface area contributed by atoms with Crippen molar-refractivity contribution in [3.63, 3.8) is 0 Å². The van der Waals surface area contributed by atoms with Gasteiger partial charge in [0.05, 0.1) is 0 Å². The van der Waals surface area contributed by atoms with Crippen LogP contribution in [0.1, 0.15) is 119 Å². The lowest BCUT2D eigenvalue weighted by Crippen LogP contribution is -2.64. The smallest absolute Gasteiger partial charge is 0.304 e. The number of hydrogen-bond acceptors (Lipinski definition) is 5. The first kappa shape index (κ1) is 28.9. The molecule has 0 aromatic rings. The van der Waals surface area contributed by atoms with Gasteiger partial charge in [-0.1, -0.05) is 27.7 Å². The van der Waals surface area contributed by atoms with Gasteiger partial charge in [0, 0.05) is 39.7 Å². The molecule has 6 nitrogen and oxygen atoms in total. The zero-order valence-corrected chi connectivity index (χ0v) is 25.6. The van der Waals surface area contributed by atoms with Crippen molar-refractivity contribution in [3.05, 3.63) is 0 Å². The molecule has 1 heterocycles. The number of carbonyl (C=O) groups is 3. The molecular formula is C33H53NO5. The molecule has 1 aliphatic heterocycles. The van der Waals surface area contributed by atoms with E-state index < -0.39 is 5.72 Å². The molecule has 4 saturated carbocycles. The molecule has 6 unspecified atom stereocenters. The van der Waals surface area contributed by atoms with Crippen molar-refractivity contribution in [2.45, 2.75) is 131 Å². The van der Waals surface area contributed by atoms with Crippen LogP contribution < -0.4 is 0 Å². The number of esters is 2. The first-order chi connectivity index (χ1) is 18.3. The molecule has 5 aliphatic rings. The highest BCUT2D eigenvalue weighted by Crippen LogP contribution is 2.69. The molecule has 6 heteroatoms. The van der Waals surface area contributed by atoms with Gasteiger partial charge in [0.15, 0.2) is 5.72 Å². The Morgan fingerprint density at radius 2 is 1.51 bits per heavy atom. The summed E-state index contributed by atoms with van der Waals surface area (Å²) in [7, 11) is 0. The van der Waals surface area contributed by atoms with E-state index in [1.165, 1.54) is 45.4 Å². The van der Waals surface area contributed by atoms with Crippen molar-refractivity contribution in [1.82, 2.24) is 4.90 Å². The summed E-state index contributed by atoms with van der Waals surface area (Å²) in [6, 6.07) is 0. The number of nitrogens with zero attached hydrogens (tertiary/aromatic N) is 1. The van der Waals surface area contributed by atoms with Crippen molar-refractivity contribution >= 4 is 17.8 Å². The van der Waals surface area contributed by atoms with Crippen molar-refractivity contribution in [2.75, 3.05) is 6.54 Å². The summed E-state index contributed by atoms with van der Waals surface area (Å²) in [5, 5.41) is 0. The van der Waals surface area contributed by atoms with Gasteiger partial charge >= 0.3 is 11.9 Å². The fourth-order valence-electron chi connectivity index (χ4n) is 11.2. The molecule has 0 N–H and O–H groups in total. The lowest BCUT2D eigenvalue weighted by molar-refractivity contribution is -0.225. The van der Waals surface area contributed by atoms with E-state index in [0.717, 1.165) is 43.9 Å². The third kappa shape index (κ3) is 4.74. The topological polar surface area (TPSA) is 72.9 Å². The highest BCUT2D eigenvalue weighted by molar-refractivity contribution is 5.75. The Hall–Kier alpha value is -1.59. The Morgan fingerprint density at radius 3 is 2.18 bits per heavy atom. The van der Waals surface area contributed by atoms with E-state index in [-0.39, 0.29) is 35.3 Å². The number of hydrogen-bond donors (Lipinski definition) is 0. The Balaban J connectivity index is 1.39. The van der Waals surface area contributed by atoms with E-state index in [4.69, 9.17) is 9.47 Å². The van der Waals surface area contributed by atoms with Crippen LogP contribution in [-0.4, -0.2) is 41.1 Å². The molecule has 5 fully saturated rings. The van der Waals surface area contributed by atoms with Crippen LogP contribution in [0.2, 0.25) is 0 Å². The molecule has 1 amide bonds. The summed E-state index contributed by atoms with van der Waals surface area (Å²) in [4.78, 5) is 39.0. The van der Waals surface area contributed by atoms with Crippen molar-refractivity contribution in [2.24, 2.45) is 52.3 Å². The van der Waals surface area contributed by atoms with Gasteiger partial charge in [-0.25, -0.2) is 0 Å². The van der Waals surface area contributed by atoms with Crippen LogP contribution in [0.3, 0.4) is 0 Å². The summed E-state index contributed by atoms with van der Waals surface area (Å²) in [6.07, 6.45) is 12.4. The lowest BCUT2D eigenvalue weighted by Gasteiger charge is -2.62. The molecule has 11 atom stereocenters. The molecule has 0 spiro atoms. The highest BCUT2D eigenvalue weighted by atomic mass is 16.6. The second-order valence-electron chi connectivity index (χ2n) is 14.9. The van der Waals surface area contributed by atoms with Crippen LogP contribution in [-0.2, 0) is 23.9 Å². The Bertz CT molecular complexity index is 981. The lowest BCUT2D eigenvalue weighted by atomic mass is 9.44. The predicted molar refractivity (Wildman–Crippen MR) is 150 cm³/mol. The molecule has 0 radical (unpaired) electrons. The Labute approximate surface area is 236 Å². The number of ether oxygens (including phenoxy) is 2. The molecule has 1 saturated heterocycles. The van der Waals surface area contributed by atoms with Crippen LogP contribution in [0.4, 0.5) is 0 Å². The minimum absolute atomic E-state index is 0.0219. The summed E-state index contributed by atoms with van der Waals surface area (Å²) >= 11 is 0. The Morgan fingerprint density at radius 1 is 0.821 bits per heavy atom. The van der Waals surface area contributed by atoms with Crippen LogP contribution in [0.5, 0.6) is 0 Å². The van der Waals surface area contributed by atoms with Crippen LogP contribution in [0.15, 0.2) is 0 Å². The second kappa shape index (κ2) is 10.4. The third-order valence-electron chi connectivity index (χ3n) is 13.0. The molecule has 220 valence electrons. The number of likely N-dealkylation sites (tertiary alicyclic amines) is 1. The Kier molecular flexibility index (Phi) is 7.68. The fraction of sp³-hybridized carbons (Fsp3) is 0.909. The van der Waals surface area contributed by atoms with E-state index in [2.05, 4.69) is 27.7 Å². The van der Waals surface area contributed by atoms with Crippen molar-refractivity contribution in [1.29, 1.82) is 0 Å². The molecular weight excluding hydrogens is 490 g/mol. The highest BCUT2D eigenvalue weighted by Gasteiger charge is 2.63. The maximum Gasteiger partial charge on any atom is 0.304 e. The van der Waals surface area contributed by atoms with Gasteiger partial charge in [0.2, 0.25) is 5.91 Å². The van der Waals surface area contributed by atoms with Crippen LogP contribution in [0, 0.1) is 52.3 Å². The van der Waals surface area contributed by atoms with Crippen molar-refractivity contribution < 1.29 is 23.9 Å². The van der Waals surface area contributed by atoms with E-state index >= 15 is 0 Å². The molecule has 39 heavy (non-hydrogen) atoms. The molecule has 0 aromatic heterocycles.